The summed E-state index contributed by atoms with van der Waals surface area (Å²) in [6.45, 7) is 3.87. The van der Waals surface area contributed by atoms with Crippen LogP contribution in [0.3, 0.4) is 0 Å². The van der Waals surface area contributed by atoms with E-state index in [0.717, 1.165) is 36.6 Å². The third kappa shape index (κ3) is 3.73. The van der Waals surface area contributed by atoms with Crippen LogP contribution in [0.1, 0.15) is 21.5 Å². The highest BCUT2D eigenvalue weighted by Crippen LogP contribution is 2.13. The van der Waals surface area contributed by atoms with E-state index < -0.39 is 0 Å². The monoisotopic (exact) mass is 342 g/mol. The molecule has 0 radical (unpaired) electrons. The Balaban J connectivity index is 1.82. The SMILES string of the molecule is Cc1ccn(CCc2ccccc2)c(=O)c1C(=O)N1CCSCC1. The molecule has 0 spiro atoms. The van der Waals surface area contributed by atoms with Crippen LogP contribution in [0.2, 0.25) is 0 Å². The van der Waals surface area contributed by atoms with E-state index in [0.29, 0.717) is 12.1 Å². The number of thioether (sulfide) groups is 1. The first kappa shape index (κ1) is 16.8. The highest BCUT2D eigenvalue weighted by atomic mass is 32.2. The molecule has 0 atom stereocenters. The molecule has 4 nitrogen and oxygen atoms in total. The van der Waals surface area contributed by atoms with Crippen LogP contribution in [-0.4, -0.2) is 40.0 Å². The van der Waals surface area contributed by atoms with E-state index in [2.05, 4.69) is 12.1 Å². The zero-order valence-electron chi connectivity index (χ0n) is 13.9. The predicted octanol–water partition coefficient (Wildman–Crippen LogP) is 2.59. The Morgan fingerprint density at radius 3 is 2.54 bits per heavy atom. The van der Waals surface area contributed by atoms with Crippen molar-refractivity contribution in [2.24, 2.45) is 0 Å². The van der Waals surface area contributed by atoms with Gasteiger partial charge in [0.25, 0.3) is 11.5 Å². The molecule has 0 aliphatic carbocycles. The highest BCUT2D eigenvalue weighted by molar-refractivity contribution is 7.99. The van der Waals surface area contributed by atoms with Gasteiger partial charge in [-0.2, -0.15) is 11.8 Å². The number of pyridine rings is 1. The van der Waals surface area contributed by atoms with E-state index in [1.807, 2.05) is 47.9 Å². The van der Waals surface area contributed by atoms with Crippen LogP contribution in [0.5, 0.6) is 0 Å². The summed E-state index contributed by atoms with van der Waals surface area (Å²) in [5.41, 5.74) is 2.11. The van der Waals surface area contributed by atoms with Gasteiger partial charge in [0.05, 0.1) is 0 Å². The number of carbonyl (C=O) groups is 1. The molecule has 1 saturated heterocycles. The Morgan fingerprint density at radius 2 is 1.83 bits per heavy atom. The van der Waals surface area contributed by atoms with Crippen molar-refractivity contribution >= 4 is 17.7 Å². The molecule has 0 saturated carbocycles. The topological polar surface area (TPSA) is 42.3 Å². The standard InChI is InChI=1S/C19H22N2O2S/c1-15-7-9-20(10-8-16-5-3-2-4-6-16)18(22)17(15)19(23)21-11-13-24-14-12-21/h2-7,9H,8,10-14H2,1H3. The molecular formula is C19H22N2O2S. The molecule has 2 aromatic rings. The highest BCUT2D eigenvalue weighted by Gasteiger charge is 2.23. The molecule has 1 aromatic heterocycles. The minimum Gasteiger partial charge on any atom is -0.337 e. The zero-order chi connectivity index (χ0) is 16.9. The van der Waals surface area contributed by atoms with Gasteiger partial charge in [0.15, 0.2) is 0 Å². The molecule has 0 unspecified atom stereocenters. The number of amides is 1. The summed E-state index contributed by atoms with van der Waals surface area (Å²) >= 11 is 1.85. The Hall–Kier alpha value is -2.01. The summed E-state index contributed by atoms with van der Waals surface area (Å²) in [5, 5.41) is 0. The summed E-state index contributed by atoms with van der Waals surface area (Å²) in [6.07, 6.45) is 2.57. The predicted molar refractivity (Wildman–Crippen MR) is 98.8 cm³/mol. The van der Waals surface area contributed by atoms with Crippen molar-refractivity contribution < 1.29 is 4.79 Å². The molecule has 1 amide bonds. The molecular weight excluding hydrogens is 320 g/mol. The number of aryl methyl sites for hydroxylation is 3. The van der Waals surface area contributed by atoms with Gasteiger partial charge in [-0.05, 0) is 30.5 Å². The van der Waals surface area contributed by atoms with Gasteiger partial charge in [-0.3, -0.25) is 9.59 Å². The fourth-order valence-electron chi connectivity index (χ4n) is 2.92. The Bertz CT molecular complexity index is 765. The first-order valence-electron chi connectivity index (χ1n) is 8.28. The fourth-order valence-corrected chi connectivity index (χ4v) is 3.82. The molecule has 0 bridgehead atoms. The van der Waals surface area contributed by atoms with Crippen molar-refractivity contribution in [1.82, 2.24) is 9.47 Å². The third-order valence-corrected chi connectivity index (χ3v) is 5.31. The van der Waals surface area contributed by atoms with Crippen molar-refractivity contribution in [2.75, 3.05) is 24.6 Å². The van der Waals surface area contributed by atoms with Crippen LogP contribution in [0.4, 0.5) is 0 Å². The van der Waals surface area contributed by atoms with Crippen molar-refractivity contribution in [3.63, 3.8) is 0 Å². The smallest absolute Gasteiger partial charge is 0.263 e. The molecule has 5 heteroatoms. The van der Waals surface area contributed by atoms with Crippen molar-refractivity contribution in [2.45, 2.75) is 19.9 Å². The minimum absolute atomic E-state index is 0.119. The second kappa shape index (κ2) is 7.71. The Labute approximate surface area is 146 Å². The third-order valence-electron chi connectivity index (χ3n) is 4.37. The number of nitrogens with zero attached hydrogens (tertiary/aromatic N) is 2. The summed E-state index contributed by atoms with van der Waals surface area (Å²) in [6, 6.07) is 12.0. The number of hydrogen-bond acceptors (Lipinski definition) is 3. The number of hydrogen-bond donors (Lipinski definition) is 0. The van der Waals surface area contributed by atoms with Crippen LogP contribution in [0.25, 0.3) is 0 Å². The van der Waals surface area contributed by atoms with Gasteiger partial charge in [-0.15, -0.1) is 0 Å². The van der Waals surface area contributed by atoms with E-state index >= 15 is 0 Å². The fraction of sp³-hybridized carbons (Fsp3) is 0.368. The lowest BCUT2D eigenvalue weighted by Crippen LogP contribution is -2.41. The van der Waals surface area contributed by atoms with E-state index in [-0.39, 0.29) is 11.5 Å². The number of aromatic nitrogens is 1. The van der Waals surface area contributed by atoms with Gasteiger partial charge in [0.1, 0.15) is 5.56 Å². The average molecular weight is 342 g/mol. The molecule has 1 aliphatic heterocycles. The second-order valence-electron chi connectivity index (χ2n) is 6.01. The van der Waals surface area contributed by atoms with Crippen molar-refractivity contribution in [3.8, 4) is 0 Å². The molecule has 126 valence electrons. The Morgan fingerprint density at radius 1 is 1.12 bits per heavy atom. The van der Waals surface area contributed by atoms with E-state index in [4.69, 9.17) is 0 Å². The van der Waals surface area contributed by atoms with Gasteiger partial charge < -0.3 is 9.47 Å². The van der Waals surface area contributed by atoms with Crippen LogP contribution in [0, 0.1) is 6.92 Å². The summed E-state index contributed by atoms with van der Waals surface area (Å²) in [4.78, 5) is 27.4. The first-order valence-corrected chi connectivity index (χ1v) is 9.43. The van der Waals surface area contributed by atoms with Gasteiger partial charge in [-0.1, -0.05) is 30.3 Å². The van der Waals surface area contributed by atoms with E-state index in [1.165, 1.54) is 5.56 Å². The van der Waals surface area contributed by atoms with Crippen LogP contribution >= 0.6 is 11.8 Å². The van der Waals surface area contributed by atoms with Gasteiger partial charge in [0.2, 0.25) is 0 Å². The van der Waals surface area contributed by atoms with Gasteiger partial charge >= 0.3 is 0 Å². The maximum absolute atomic E-state index is 12.8. The van der Waals surface area contributed by atoms with Crippen molar-refractivity contribution in [1.29, 1.82) is 0 Å². The lowest BCUT2D eigenvalue weighted by atomic mass is 10.1. The molecule has 3 rings (SSSR count). The van der Waals surface area contributed by atoms with E-state index in [1.54, 1.807) is 10.8 Å². The molecule has 1 aromatic carbocycles. The normalized spacial score (nSPS) is 14.6. The maximum atomic E-state index is 12.8. The number of benzene rings is 1. The quantitative estimate of drug-likeness (QED) is 0.858. The Kier molecular flexibility index (Phi) is 5.41. The average Bonchev–Trinajstić information content (AvgIpc) is 2.62. The molecule has 0 N–H and O–H groups in total. The summed E-state index contributed by atoms with van der Waals surface area (Å²) in [5.74, 6) is 1.77. The van der Waals surface area contributed by atoms with Crippen LogP contribution in [-0.2, 0) is 13.0 Å². The van der Waals surface area contributed by atoms with Crippen LogP contribution < -0.4 is 5.56 Å². The van der Waals surface area contributed by atoms with Crippen molar-refractivity contribution in [3.05, 3.63) is 69.6 Å². The molecule has 1 aliphatic rings. The molecule has 1 fully saturated rings. The van der Waals surface area contributed by atoms with Gasteiger partial charge in [0, 0.05) is 37.3 Å². The largest absolute Gasteiger partial charge is 0.337 e. The lowest BCUT2D eigenvalue weighted by molar-refractivity contribution is 0.0769. The molecule has 24 heavy (non-hydrogen) atoms. The lowest BCUT2D eigenvalue weighted by Gasteiger charge is -2.27. The van der Waals surface area contributed by atoms with Crippen LogP contribution in [0.15, 0.2) is 47.4 Å². The minimum atomic E-state index is -0.172. The van der Waals surface area contributed by atoms with E-state index in [9.17, 15) is 9.59 Å². The van der Waals surface area contributed by atoms with Gasteiger partial charge in [-0.25, -0.2) is 0 Å². The summed E-state index contributed by atoms with van der Waals surface area (Å²) < 4.78 is 1.66. The number of rotatable bonds is 4. The number of carbonyl (C=O) groups excluding carboxylic acids is 1. The zero-order valence-corrected chi connectivity index (χ0v) is 14.7. The summed E-state index contributed by atoms with van der Waals surface area (Å²) in [7, 11) is 0. The maximum Gasteiger partial charge on any atom is 0.263 e. The second-order valence-corrected chi connectivity index (χ2v) is 7.24. The first-order chi connectivity index (χ1) is 11.7. The molecule has 2 heterocycles.